The predicted octanol–water partition coefficient (Wildman–Crippen LogP) is 2.57. The van der Waals surface area contributed by atoms with E-state index in [9.17, 15) is 0 Å². The monoisotopic (exact) mass is 221 g/mol. The van der Waals surface area contributed by atoms with E-state index in [4.69, 9.17) is 11.6 Å². The van der Waals surface area contributed by atoms with Crippen molar-refractivity contribution in [2.45, 2.75) is 13.0 Å². The van der Waals surface area contributed by atoms with Crippen molar-refractivity contribution in [3.05, 3.63) is 36.5 Å². The third kappa shape index (κ3) is 2.57. The summed E-state index contributed by atoms with van der Waals surface area (Å²) >= 11 is 5.61. The first-order valence-electron chi connectivity index (χ1n) is 4.91. The minimum Gasteiger partial charge on any atom is -0.184 e. The number of alkyl halides is 1. The van der Waals surface area contributed by atoms with E-state index in [0.717, 1.165) is 24.2 Å². The van der Waals surface area contributed by atoms with E-state index in [2.05, 4.69) is 10.2 Å². The second-order valence-electron chi connectivity index (χ2n) is 3.23. The summed E-state index contributed by atoms with van der Waals surface area (Å²) in [7, 11) is 0. The molecule has 2 rings (SSSR count). The third-order valence-electron chi connectivity index (χ3n) is 2.10. The van der Waals surface area contributed by atoms with Crippen molar-refractivity contribution in [3.63, 3.8) is 0 Å². The molecular formula is C11H12ClN3. The van der Waals surface area contributed by atoms with Gasteiger partial charge in [0.1, 0.15) is 5.69 Å². The molecule has 4 heteroatoms. The first-order chi connectivity index (χ1) is 7.40. The van der Waals surface area contributed by atoms with Gasteiger partial charge in [-0.15, -0.1) is 11.6 Å². The van der Waals surface area contributed by atoms with Gasteiger partial charge in [0.25, 0.3) is 0 Å². The fourth-order valence-corrected chi connectivity index (χ4v) is 1.47. The van der Waals surface area contributed by atoms with E-state index in [1.54, 1.807) is 11.0 Å². The maximum Gasteiger partial charge on any atom is 0.113 e. The zero-order valence-electron chi connectivity index (χ0n) is 8.31. The van der Waals surface area contributed by atoms with E-state index < -0.39 is 0 Å². The van der Waals surface area contributed by atoms with Crippen molar-refractivity contribution >= 4 is 11.6 Å². The van der Waals surface area contributed by atoms with Gasteiger partial charge in [0.15, 0.2) is 0 Å². The Morgan fingerprint density at radius 2 is 2.00 bits per heavy atom. The standard InChI is InChI=1S/C11H12ClN3/c12-7-4-8-15-13-9-11(14-15)10-5-2-1-3-6-10/h1-3,5-6,9H,4,7-8H2. The molecule has 0 N–H and O–H groups in total. The molecule has 0 aliphatic carbocycles. The molecule has 0 bridgehead atoms. The lowest BCUT2D eigenvalue weighted by atomic mass is 10.2. The van der Waals surface area contributed by atoms with Gasteiger partial charge < -0.3 is 0 Å². The lowest BCUT2D eigenvalue weighted by Crippen LogP contribution is -2.02. The Balaban J connectivity index is 2.14. The van der Waals surface area contributed by atoms with Gasteiger partial charge in [-0.3, -0.25) is 0 Å². The molecule has 0 unspecified atom stereocenters. The SMILES string of the molecule is ClCCCn1ncc(-c2ccccc2)n1. The topological polar surface area (TPSA) is 30.7 Å². The average Bonchev–Trinajstić information content (AvgIpc) is 2.76. The summed E-state index contributed by atoms with van der Waals surface area (Å²) in [5, 5.41) is 8.54. The molecule has 15 heavy (non-hydrogen) atoms. The van der Waals surface area contributed by atoms with Gasteiger partial charge in [0, 0.05) is 11.4 Å². The summed E-state index contributed by atoms with van der Waals surface area (Å²) in [4.78, 5) is 1.69. The zero-order valence-corrected chi connectivity index (χ0v) is 9.06. The van der Waals surface area contributed by atoms with Crippen LogP contribution in [0.25, 0.3) is 11.3 Å². The summed E-state index contributed by atoms with van der Waals surface area (Å²) in [5.41, 5.74) is 2.00. The smallest absolute Gasteiger partial charge is 0.113 e. The molecule has 1 aromatic carbocycles. The number of halogens is 1. The second kappa shape index (κ2) is 4.94. The quantitative estimate of drug-likeness (QED) is 0.743. The molecule has 0 aliphatic rings. The summed E-state index contributed by atoms with van der Waals surface area (Å²) in [6.07, 6.45) is 2.67. The molecule has 0 atom stereocenters. The van der Waals surface area contributed by atoms with Crippen LogP contribution in [0.5, 0.6) is 0 Å². The van der Waals surface area contributed by atoms with Gasteiger partial charge >= 0.3 is 0 Å². The van der Waals surface area contributed by atoms with Crippen molar-refractivity contribution in [2.75, 3.05) is 5.88 Å². The summed E-state index contributed by atoms with van der Waals surface area (Å²) in [6.45, 7) is 0.774. The predicted molar refractivity (Wildman–Crippen MR) is 60.8 cm³/mol. The molecule has 0 radical (unpaired) electrons. The first-order valence-corrected chi connectivity index (χ1v) is 5.45. The molecule has 1 aromatic heterocycles. The van der Waals surface area contributed by atoms with Gasteiger partial charge in [0.05, 0.1) is 12.7 Å². The minimum atomic E-state index is 0.641. The van der Waals surface area contributed by atoms with Gasteiger partial charge in [-0.25, -0.2) is 0 Å². The van der Waals surface area contributed by atoms with Gasteiger partial charge in [-0.05, 0) is 6.42 Å². The molecule has 0 saturated carbocycles. The highest BCUT2D eigenvalue weighted by atomic mass is 35.5. The van der Waals surface area contributed by atoms with E-state index in [0.29, 0.717) is 5.88 Å². The summed E-state index contributed by atoms with van der Waals surface area (Å²) in [5.74, 6) is 0.641. The molecule has 0 fully saturated rings. The molecule has 2 aromatic rings. The van der Waals surface area contributed by atoms with Crippen LogP contribution in [0.4, 0.5) is 0 Å². The van der Waals surface area contributed by atoms with Crippen LogP contribution < -0.4 is 0 Å². The zero-order chi connectivity index (χ0) is 10.5. The minimum absolute atomic E-state index is 0.641. The molecule has 3 nitrogen and oxygen atoms in total. The van der Waals surface area contributed by atoms with E-state index in [1.807, 2.05) is 30.3 Å². The third-order valence-corrected chi connectivity index (χ3v) is 2.37. The van der Waals surface area contributed by atoms with Crippen LogP contribution in [-0.2, 0) is 6.54 Å². The van der Waals surface area contributed by atoms with Crippen LogP contribution >= 0.6 is 11.6 Å². The molecule has 1 heterocycles. The highest BCUT2D eigenvalue weighted by molar-refractivity contribution is 6.17. The van der Waals surface area contributed by atoms with E-state index in [-0.39, 0.29) is 0 Å². The van der Waals surface area contributed by atoms with Gasteiger partial charge in [-0.1, -0.05) is 30.3 Å². The number of hydrogen-bond donors (Lipinski definition) is 0. The number of rotatable bonds is 4. The highest BCUT2D eigenvalue weighted by Crippen LogP contribution is 2.14. The fraction of sp³-hybridized carbons (Fsp3) is 0.273. The van der Waals surface area contributed by atoms with Gasteiger partial charge in [-0.2, -0.15) is 15.0 Å². The van der Waals surface area contributed by atoms with E-state index in [1.165, 1.54) is 0 Å². The van der Waals surface area contributed by atoms with Crippen LogP contribution in [0.2, 0.25) is 0 Å². The van der Waals surface area contributed by atoms with Gasteiger partial charge in [0.2, 0.25) is 0 Å². The lowest BCUT2D eigenvalue weighted by Gasteiger charge is -1.96. The van der Waals surface area contributed by atoms with Crippen molar-refractivity contribution < 1.29 is 0 Å². The molecule has 0 spiro atoms. The Kier molecular flexibility index (Phi) is 3.35. The Hall–Kier alpha value is -1.35. The van der Waals surface area contributed by atoms with Crippen LogP contribution in [0, 0.1) is 0 Å². The molecule has 78 valence electrons. The lowest BCUT2D eigenvalue weighted by molar-refractivity contribution is 0.531. The highest BCUT2D eigenvalue weighted by Gasteiger charge is 2.01. The largest absolute Gasteiger partial charge is 0.184 e. The Bertz CT molecular complexity index is 411. The molecular weight excluding hydrogens is 210 g/mol. The first kappa shape index (κ1) is 10.2. The van der Waals surface area contributed by atoms with Crippen LogP contribution in [0.3, 0.4) is 0 Å². The normalized spacial score (nSPS) is 10.5. The van der Waals surface area contributed by atoms with Crippen LogP contribution in [-0.4, -0.2) is 20.9 Å². The number of benzene rings is 1. The Labute approximate surface area is 93.7 Å². The van der Waals surface area contributed by atoms with Crippen molar-refractivity contribution in [1.29, 1.82) is 0 Å². The molecule has 0 amide bonds. The summed E-state index contributed by atoms with van der Waals surface area (Å²) in [6, 6.07) is 10.0. The molecule has 0 saturated heterocycles. The Morgan fingerprint density at radius 3 is 2.73 bits per heavy atom. The van der Waals surface area contributed by atoms with E-state index >= 15 is 0 Å². The van der Waals surface area contributed by atoms with Crippen LogP contribution in [0.1, 0.15) is 6.42 Å². The van der Waals surface area contributed by atoms with Crippen LogP contribution in [0.15, 0.2) is 36.5 Å². The maximum absolute atomic E-state index is 5.61. The Morgan fingerprint density at radius 1 is 1.20 bits per heavy atom. The second-order valence-corrected chi connectivity index (χ2v) is 3.61. The summed E-state index contributed by atoms with van der Waals surface area (Å²) < 4.78 is 0. The number of nitrogens with zero attached hydrogens (tertiary/aromatic N) is 3. The van der Waals surface area contributed by atoms with Crippen molar-refractivity contribution in [1.82, 2.24) is 15.0 Å². The fourth-order valence-electron chi connectivity index (χ4n) is 1.35. The van der Waals surface area contributed by atoms with Crippen molar-refractivity contribution in [3.8, 4) is 11.3 Å². The number of aryl methyl sites for hydroxylation is 1. The molecule has 0 aliphatic heterocycles. The maximum atomic E-state index is 5.61. The average molecular weight is 222 g/mol. The number of aromatic nitrogens is 3. The van der Waals surface area contributed by atoms with Crippen molar-refractivity contribution in [2.24, 2.45) is 0 Å². The number of hydrogen-bond acceptors (Lipinski definition) is 2.